The van der Waals surface area contributed by atoms with E-state index in [1.165, 1.54) is 12.8 Å². The Morgan fingerprint density at radius 1 is 1.06 bits per heavy atom. The Morgan fingerprint density at radius 2 is 1.83 bits per heavy atom. The van der Waals surface area contributed by atoms with Gasteiger partial charge in [0.25, 0.3) is 0 Å². The highest BCUT2D eigenvalue weighted by Crippen LogP contribution is 2.46. The maximum Gasteiger partial charge on any atom is 0.213 e. The molecule has 1 aromatic carbocycles. The Kier molecular flexibility index (Phi) is 5.84. The smallest absolute Gasteiger partial charge is 0.213 e. The molecule has 36 heavy (non-hydrogen) atoms. The zero-order chi connectivity index (χ0) is 24.9. The molecule has 5 heterocycles. The second kappa shape index (κ2) is 8.92. The van der Waals surface area contributed by atoms with E-state index in [1.54, 1.807) is 19.4 Å². The number of hydrogen-bond donors (Lipinski definition) is 2. The maximum absolute atomic E-state index is 10.9. The zero-order valence-corrected chi connectivity index (χ0v) is 21.9. The van der Waals surface area contributed by atoms with Crippen LogP contribution in [0.3, 0.4) is 0 Å². The van der Waals surface area contributed by atoms with Crippen molar-refractivity contribution >= 4 is 17.6 Å². The number of phenols is 1. The Balaban J connectivity index is 1.31. The van der Waals surface area contributed by atoms with Crippen LogP contribution in [0.25, 0.3) is 22.4 Å². The fraction of sp³-hybridized carbons (Fsp3) is 0.464. The molecule has 0 radical (unpaired) electrons. The molecule has 8 heteroatoms. The molecule has 3 aliphatic rings. The Morgan fingerprint density at radius 3 is 2.58 bits per heavy atom. The van der Waals surface area contributed by atoms with Gasteiger partial charge in [-0.1, -0.05) is 6.07 Å². The minimum absolute atomic E-state index is 0.184. The van der Waals surface area contributed by atoms with E-state index < -0.39 is 0 Å². The van der Waals surface area contributed by atoms with Crippen molar-refractivity contribution in [3.8, 4) is 34.0 Å². The SMILES string of the molecule is COc1cc(-c2ccc(-c3cc4c(nn3)N(C3C[C@]5(C)CC[C@](C)(C3)N5)CCCS4)c(O)c2)ccn1. The number of aromatic nitrogens is 3. The van der Waals surface area contributed by atoms with Crippen molar-refractivity contribution in [3.05, 3.63) is 42.6 Å². The normalized spacial score (nSPS) is 27.4. The number of ether oxygens (including phenoxy) is 1. The number of rotatable bonds is 4. The van der Waals surface area contributed by atoms with Crippen LogP contribution < -0.4 is 15.0 Å². The lowest BCUT2D eigenvalue weighted by atomic mass is 9.84. The van der Waals surface area contributed by atoms with Crippen molar-refractivity contribution in [2.45, 2.75) is 68.0 Å². The summed E-state index contributed by atoms with van der Waals surface area (Å²) in [6, 6.07) is 12.0. The average Bonchev–Trinajstić information content (AvgIpc) is 3.00. The minimum atomic E-state index is 0.184. The molecule has 2 aromatic heterocycles. The Bertz CT molecular complexity index is 1280. The van der Waals surface area contributed by atoms with Gasteiger partial charge in [-0.2, -0.15) is 0 Å². The van der Waals surface area contributed by atoms with Crippen molar-refractivity contribution in [3.63, 3.8) is 0 Å². The van der Waals surface area contributed by atoms with Gasteiger partial charge in [-0.3, -0.25) is 0 Å². The van der Waals surface area contributed by atoms with Crippen LogP contribution >= 0.6 is 11.8 Å². The van der Waals surface area contributed by atoms with E-state index in [1.807, 2.05) is 36.0 Å². The number of benzene rings is 1. The number of anilines is 1. The van der Waals surface area contributed by atoms with Gasteiger partial charge in [-0.05, 0) is 87.1 Å². The van der Waals surface area contributed by atoms with Crippen LogP contribution in [0.1, 0.15) is 46.0 Å². The molecule has 0 aliphatic carbocycles. The number of thioether (sulfide) groups is 1. The number of hydrogen-bond acceptors (Lipinski definition) is 8. The number of aromatic hydroxyl groups is 1. The predicted octanol–water partition coefficient (Wildman–Crippen LogP) is 5.29. The molecule has 0 spiro atoms. The quantitative estimate of drug-likeness (QED) is 0.497. The van der Waals surface area contributed by atoms with Gasteiger partial charge < -0.3 is 20.1 Å². The van der Waals surface area contributed by atoms with Gasteiger partial charge in [0.2, 0.25) is 5.88 Å². The van der Waals surface area contributed by atoms with Crippen LogP contribution in [0.15, 0.2) is 47.5 Å². The molecule has 0 amide bonds. The predicted molar refractivity (Wildman–Crippen MR) is 144 cm³/mol. The molecule has 2 N–H and O–H groups in total. The second-order valence-electron chi connectivity index (χ2n) is 10.9. The summed E-state index contributed by atoms with van der Waals surface area (Å²) in [4.78, 5) is 7.84. The van der Waals surface area contributed by atoms with Crippen LogP contribution in [0.4, 0.5) is 5.82 Å². The van der Waals surface area contributed by atoms with Gasteiger partial charge in [0.1, 0.15) is 5.75 Å². The zero-order valence-electron chi connectivity index (χ0n) is 21.1. The fourth-order valence-corrected chi connectivity index (χ4v) is 7.33. The van der Waals surface area contributed by atoms with Crippen LogP contribution in [-0.4, -0.2) is 56.8 Å². The molecule has 0 saturated carbocycles. The van der Waals surface area contributed by atoms with E-state index in [4.69, 9.17) is 9.84 Å². The van der Waals surface area contributed by atoms with Gasteiger partial charge in [-0.25, -0.2) is 4.98 Å². The molecule has 7 nitrogen and oxygen atoms in total. The Labute approximate surface area is 216 Å². The van der Waals surface area contributed by atoms with E-state index in [9.17, 15) is 5.11 Å². The van der Waals surface area contributed by atoms with E-state index >= 15 is 0 Å². The summed E-state index contributed by atoms with van der Waals surface area (Å²) >= 11 is 1.85. The molecule has 2 saturated heterocycles. The molecular formula is C28H33N5O2S. The summed E-state index contributed by atoms with van der Waals surface area (Å²) in [6.45, 7) is 5.77. The van der Waals surface area contributed by atoms with E-state index in [2.05, 4.69) is 40.2 Å². The minimum Gasteiger partial charge on any atom is -0.507 e. The number of phenolic OH excluding ortho intramolecular Hbond substituents is 1. The fourth-order valence-electron chi connectivity index (χ4n) is 6.36. The van der Waals surface area contributed by atoms with E-state index in [0.29, 0.717) is 23.2 Å². The summed E-state index contributed by atoms with van der Waals surface area (Å²) in [5.74, 6) is 2.78. The third-order valence-electron chi connectivity index (χ3n) is 8.01. The number of nitrogens with one attached hydrogen (secondary N) is 1. The van der Waals surface area contributed by atoms with Crippen molar-refractivity contribution in [2.75, 3.05) is 24.3 Å². The van der Waals surface area contributed by atoms with Crippen LogP contribution in [-0.2, 0) is 0 Å². The molecule has 2 bridgehead atoms. The topological polar surface area (TPSA) is 83.4 Å². The van der Waals surface area contributed by atoms with E-state index in [0.717, 1.165) is 53.4 Å². The molecule has 3 aliphatic heterocycles. The van der Waals surface area contributed by atoms with Crippen LogP contribution in [0.2, 0.25) is 0 Å². The van der Waals surface area contributed by atoms with Gasteiger partial charge in [0.15, 0.2) is 5.82 Å². The summed E-state index contributed by atoms with van der Waals surface area (Å²) in [5.41, 5.74) is 3.62. The molecule has 188 valence electrons. The summed E-state index contributed by atoms with van der Waals surface area (Å²) in [6.07, 6.45) is 7.58. The number of fused-ring (bicyclic) bond motifs is 3. The highest BCUT2D eigenvalue weighted by atomic mass is 32.2. The lowest BCUT2D eigenvalue weighted by molar-refractivity contribution is 0.204. The highest BCUT2D eigenvalue weighted by molar-refractivity contribution is 7.99. The molecule has 3 atom stereocenters. The summed E-state index contributed by atoms with van der Waals surface area (Å²) in [7, 11) is 1.60. The first kappa shape index (κ1) is 23.6. The van der Waals surface area contributed by atoms with Crippen molar-refractivity contribution in [1.29, 1.82) is 0 Å². The summed E-state index contributed by atoms with van der Waals surface area (Å²) < 4.78 is 5.24. The Hall–Kier alpha value is -2.84. The third kappa shape index (κ3) is 4.30. The number of nitrogens with zero attached hydrogens (tertiary/aromatic N) is 4. The first-order chi connectivity index (χ1) is 17.3. The first-order valence-corrected chi connectivity index (χ1v) is 13.7. The molecule has 6 rings (SSSR count). The molecule has 2 fully saturated rings. The number of piperidine rings is 1. The summed E-state index contributed by atoms with van der Waals surface area (Å²) in [5, 5.41) is 24.2. The van der Waals surface area contributed by atoms with Crippen molar-refractivity contribution in [1.82, 2.24) is 20.5 Å². The van der Waals surface area contributed by atoms with Gasteiger partial charge in [0.05, 0.1) is 17.7 Å². The van der Waals surface area contributed by atoms with E-state index in [-0.39, 0.29) is 16.8 Å². The lowest BCUT2D eigenvalue weighted by Crippen LogP contribution is -2.59. The number of methoxy groups -OCH3 is 1. The third-order valence-corrected chi connectivity index (χ3v) is 9.11. The number of pyridine rings is 1. The van der Waals surface area contributed by atoms with Crippen LogP contribution in [0, 0.1) is 0 Å². The van der Waals surface area contributed by atoms with Gasteiger partial charge in [-0.15, -0.1) is 22.0 Å². The molecule has 1 unspecified atom stereocenters. The van der Waals surface area contributed by atoms with Gasteiger partial charge >= 0.3 is 0 Å². The lowest BCUT2D eigenvalue weighted by Gasteiger charge is -2.46. The highest BCUT2D eigenvalue weighted by Gasteiger charge is 2.50. The maximum atomic E-state index is 10.9. The molecule has 3 aromatic rings. The van der Waals surface area contributed by atoms with Crippen molar-refractivity contribution < 1.29 is 9.84 Å². The van der Waals surface area contributed by atoms with Gasteiger partial charge in [0, 0.05) is 41.5 Å². The monoisotopic (exact) mass is 503 g/mol. The molecular weight excluding hydrogens is 470 g/mol. The van der Waals surface area contributed by atoms with Crippen molar-refractivity contribution in [2.24, 2.45) is 0 Å². The standard InChI is InChI=1S/C28H33N5O2S/c1-27-8-9-28(2,32-27)17-20(16-27)33-11-4-12-36-24-15-22(30-31-26(24)33)21-6-5-18(13-23(21)34)19-7-10-29-25(14-19)35-3/h5-7,10,13-15,20,32,34H,4,8-9,11-12,16-17H2,1-3H3/t20?,27-,28+. The van der Waals surface area contributed by atoms with Crippen LogP contribution in [0.5, 0.6) is 11.6 Å². The largest absolute Gasteiger partial charge is 0.507 e. The average molecular weight is 504 g/mol. The second-order valence-corrected chi connectivity index (χ2v) is 12.1. The first-order valence-electron chi connectivity index (χ1n) is 12.8.